The summed E-state index contributed by atoms with van der Waals surface area (Å²) in [5, 5.41) is 6.47. The zero-order valence-electron chi connectivity index (χ0n) is 16.6. The Morgan fingerprint density at radius 3 is 2.48 bits per heavy atom. The van der Waals surface area contributed by atoms with Gasteiger partial charge in [-0.25, -0.2) is 4.79 Å². The highest BCUT2D eigenvalue weighted by atomic mass is 16.6. The van der Waals surface area contributed by atoms with Crippen molar-refractivity contribution in [3.63, 3.8) is 0 Å². The Hall–Kier alpha value is -2.34. The molecule has 2 aliphatic heterocycles. The van der Waals surface area contributed by atoms with E-state index in [1.165, 1.54) is 0 Å². The second kappa shape index (κ2) is 7.72. The Bertz CT molecular complexity index is 775. The van der Waals surface area contributed by atoms with Crippen LogP contribution in [0.15, 0.2) is 24.0 Å². The predicted molar refractivity (Wildman–Crippen MR) is 105 cm³/mol. The molecule has 0 unspecified atom stereocenters. The average Bonchev–Trinajstić information content (AvgIpc) is 2.89. The maximum absolute atomic E-state index is 13.0. The molecule has 0 saturated carbocycles. The molecule has 1 aromatic carbocycles. The summed E-state index contributed by atoms with van der Waals surface area (Å²) in [5.41, 5.74) is 2.78. The van der Waals surface area contributed by atoms with Crippen molar-refractivity contribution < 1.29 is 14.3 Å². The van der Waals surface area contributed by atoms with Crippen molar-refractivity contribution in [1.29, 1.82) is 0 Å². The summed E-state index contributed by atoms with van der Waals surface area (Å²) in [4.78, 5) is 27.4. The van der Waals surface area contributed by atoms with Crippen molar-refractivity contribution in [3.05, 3.63) is 40.6 Å². The van der Waals surface area contributed by atoms with Gasteiger partial charge in [-0.3, -0.25) is 4.79 Å². The van der Waals surface area contributed by atoms with Gasteiger partial charge in [0.05, 0.1) is 5.57 Å². The lowest BCUT2D eigenvalue weighted by Gasteiger charge is -2.36. The molecule has 0 radical (unpaired) electrons. The fraction of sp³-hybridized carbons (Fsp3) is 0.524. The van der Waals surface area contributed by atoms with Gasteiger partial charge in [0, 0.05) is 13.1 Å². The number of hydrogen-bond donors (Lipinski definition) is 2. The summed E-state index contributed by atoms with van der Waals surface area (Å²) in [6.45, 7) is 10.5. The first-order valence-electron chi connectivity index (χ1n) is 9.74. The SMILES string of the molecule is CCN(CC)C(=O)OC1=C(c2cc(C)ccc2C)C(=O)NC12CCNCC2. The van der Waals surface area contributed by atoms with Crippen LogP contribution >= 0.6 is 0 Å². The van der Waals surface area contributed by atoms with E-state index in [2.05, 4.69) is 10.6 Å². The Labute approximate surface area is 161 Å². The van der Waals surface area contributed by atoms with Crippen molar-refractivity contribution in [2.24, 2.45) is 0 Å². The molecule has 1 aromatic rings. The Kier molecular flexibility index (Phi) is 5.56. The number of nitrogens with zero attached hydrogens (tertiary/aromatic N) is 1. The largest absolute Gasteiger partial charge is 0.414 e. The van der Waals surface area contributed by atoms with Crippen LogP contribution in [-0.2, 0) is 9.53 Å². The smallest absolute Gasteiger partial charge is 0.411 e. The van der Waals surface area contributed by atoms with E-state index in [9.17, 15) is 9.59 Å². The standard InChI is InChI=1S/C21H29N3O3/c1-5-24(6-2)20(26)27-18-17(16-13-14(3)7-8-15(16)4)19(25)23-21(18)9-11-22-12-10-21/h7-8,13,22H,5-6,9-12H2,1-4H3,(H,23,25). The van der Waals surface area contributed by atoms with Crippen molar-refractivity contribution in [2.75, 3.05) is 26.2 Å². The summed E-state index contributed by atoms with van der Waals surface area (Å²) in [5.74, 6) is 0.326. The van der Waals surface area contributed by atoms with Crippen LogP contribution in [0.5, 0.6) is 0 Å². The van der Waals surface area contributed by atoms with Crippen LogP contribution in [0.2, 0.25) is 0 Å². The van der Waals surface area contributed by atoms with Crippen molar-refractivity contribution in [2.45, 2.75) is 46.1 Å². The van der Waals surface area contributed by atoms with Gasteiger partial charge in [0.1, 0.15) is 11.3 Å². The van der Waals surface area contributed by atoms with Crippen LogP contribution in [0.3, 0.4) is 0 Å². The summed E-state index contributed by atoms with van der Waals surface area (Å²) in [7, 11) is 0. The number of amides is 2. The van der Waals surface area contributed by atoms with Gasteiger partial charge in [-0.15, -0.1) is 0 Å². The molecule has 146 valence electrons. The molecule has 6 nitrogen and oxygen atoms in total. The first kappa shape index (κ1) is 19.4. The molecular formula is C21H29N3O3. The molecule has 2 heterocycles. The molecule has 1 spiro atoms. The molecule has 2 N–H and O–H groups in total. The van der Waals surface area contributed by atoms with E-state index in [1.807, 2.05) is 45.9 Å². The number of nitrogens with one attached hydrogen (secondary N) is 2. The molecule has 0 atom stereocenters. The van der Waals surface area contributed by atoms with Gasteiger partial charge < -0.3 is 20.3 Å². The summed E-state index contributed by atoms with van der Waals surface area (Å²) < 4.78 is 5.94. The zero-order valence-corrected chi connectivity index (χ0v) is 16.6. The van der Waals surface area contributed by atoms with Crippen LogP contribution < -0.4 is 10.6 Å². The lowest BCUT2D eigenvalue weighted by atomic mass is 9.85. The zero-order chi connectivity index (χ0) is 19.6. The van der Waals surface area contributed by atoms with Crippen LogP contribution in [0, 0.1) is 13.8 Å². The van der Waals surface area contributed by atoms with Crippen molar-refractivity contribution in [3.8, 4) is 0 Å². The molecule has 1 fully saturated rings. The lowest BCUT2D eigenvalue weighted by molar-refractivity contribution is -0.116. The predicted octanol–water partition coefficient (Wildman–Crippen LogP) is 2.74. The number of hydrogen-bond acceptors (Lipinski definition) is 4. The van der Waals surface area contributed by atoms with Gasteiger partial charge in [0.2, 0.25) is 0 Å². The average molecular weight is 371 g/mol. The monoisotopic (exact) mass is 371 g/mol. The summed E-state index contributed by atoms with van der Waals surface area (Å²) in [6, 6.07) is 6.02. The van der Waals surface area contributed by atoms with E-state index in [0.29, 0.717) is 37.3 Å². The first-order chi connectivity index (χ1) is 12.9. The third kappa shape index (κ3) is 3.58. The Morgan fingerprint density at radius 2 is 1.85 bits per heavy atom. The number of rotatable bonds is 4. The second-order valence-electron chi connectivity index (χ2n) is 7.35. The second-order valence-corrected chi connectivity index (χ2v) is 7.35. The quantitative estimate of drug-likeness (QED) is 0.854. The van der Waals surface area contributed by atoms with Gasteiger partial charge in [-0.2, -0.15) is 0 Å². The number of aryl methyl sites for hydroxylation is 2. The molecule has 0 aromatic heterocycles. The van der Waals surface area contributed by atoms with Gasteiger partial charge in [0.15, 0.2) is 0 Å². The summed E-state index contributed by atoms with van der Waals surface area (Å²) >= 11 is 0. The van der Waals surface area contributed by atoms with Gasteiger partial charge in [0.25, 0.3) is 5.91 Å². The van der Waals surface area contributed by atoms with E-state index >= 15 is 0 Å². The van der Waals surface area contributed by atoms with Gasteiger partial charge in [-0.05, 0) is 64.8 Å². The van der Waals surface area contributed by atoms with E-state index < -0.39 is 11.6 Å². The minimum atomic E-state index is -0.614. The fourth-order valence-electron chi connectivity index (χ4n) is 3.92. The third-order valence-corrected chi connectivity index (χ3v) is 5.57. The van der Waals surface area contributed by atoms with Gasteiger partial charge >= 0.3 is 6.09 Å². The van der Waals surface area contributed by atoms with Crippen molar-refractivity contribution in [1.82, 2.24) is 15.5 Å². The molecule has 3 rings (SSSR count). The fourth-order valence-corrected chi connectivity index (χ4v) is 3.92. The molecule has 2 aliphatic rings. The molecular weight excluding hydrogens is 342 g/mol. The first-order valence-corrected chi connectivity index (χ1v) is 9.74. The molecule has 0 bridgehead atoms. The lowest BCUT2D eigenvalue weighted by Crippen LogP contribution is -2.52. The number of ether oxygens (including phenoxy) is 1. The van der Waals surface area contributed by atoms with E-state index in [4.69, 9.17) is 4.74 Å². The number of carbonyl (C=O) groups excluding carboxylic acids is 2. The normalized spacial score (nSPS) is 18.6. The van der Waals surface area contributed by atoms with E-state index in [-0.39, 0.29) is 5.91 Å². The van der Waals surface area contributed by atoms with Crippen LogP contribution in [0.4, 0.5) is 4.79 Å². The van der Waals surface area contributed by atoms with Crippen LogP contribution in [0.25, 0.3) is 5.57 Å². The Morgan fingerprint density at radius 1 is 1.19 bits per heavy atom. The van der Waals surface area contributed by atoms with E-state index in [1.54, 1.807) is 4.90 Å². The molecule has 2 amide bonds. The minimum Gasteiger partial charge on any atom is -0.411 e. The maximum Gasteiger partial charge on any atom is 0.414 e. The minimum absolute atomic E-state index is 0.159. The maximum atomic E-state index is 13.0. The van der Waals surface area contributed by atoms with Crippen LogP contribution in [0.1, 0.15) is 43.4 Å². The van der Waals surface area contributed by atoms with Gasteiger partial charge in [-0.1, -0.05) is 23.8 Å². The number of piperidine rings is 1. The molecule has 6 heteroatoms. The highest BCUT2D eigenvalue weighted by Crippen LogP contribution is 2.40. The highest BCUT2D eigenvalue weighted by molar-refractivity contribution is 6.24. The molecule has 27 heavy (non-hydrogen) atoms. The number of carbonyl (C=O) groups is 2. The Balaban J connectivity index is 2.12. The number of benzene rings is 1. The van der Waals surface area contributed by atoms with E-state index in [0.717, 1.165) is 29.8 Å². The van der Waals surface area contributed by atoms with Crippen LogP contribution in [-0.4, -0.2) is 48.6 Å². The van der Waals surface area contributed by atoms with Crippen molar-refractivity contribution >= 4 is 17.6 Å². The third-order valence-electron chi connectivity index (χ3n) is 5.57. The highest BCUT2D eigenvalue weighted by Gasteiger charge is 2.49. The molecule has 1 saturated heterocycles. The topological polar surface area (TPSA) is 70.7 Å². The molecule has 0 aliphatic carbocycles. The summed E-state index contributed by atoms with van der Waals surface area (Å²) in [6.07, 6.45) is 1.01.